The van der Waals surface area contributed by atoms with E-state index < -0.39 is 0 Å². The van der Waals surface area contributed by atoms with Crippen LogP contribution in [0.25, 0.3) is 5.70 Å². The number of hydrogen-bond donors (Lipinski definition) is 0. The van der Waals surface area contributed by atoms with Gasteiger partial charge in [-0.05, 0) is 36.8 Å². The lowest BCUT2D eigenvalue weighted by Gasteiger charge is -2.26. The second-order valence-corrected chi connectivity index (χ2v) is 4.17. The largest absolute Gasteiger partial charge is 0.496 e. The first-order valence-electron chi connectivity index (χ1n) is 5.59. The van der Waals surface area contributed by atoms with Crippen LogP contribution in [0.1, 0.15) is 11.1 Å². The summed E-state index contributed by atoms with van der Waals surface area (Å²) in [7, 11) is 3.71. The van der Waals surface area contributed by atoms with Gasteiger partial charge < -0.3 is 9.64 Å². The zero-order valence-electron chi connectivity index (χ0n) is 10.5. The summed E-state index contributed by atoms with van der Waals surface area (Å²) < 4.78 is 5.44. The van der Waals surface area contributed by atoms with Gasteiger partial charge in [-0.25, -0.2) is 0 Å². The van der Waals surface area contributed by atoms with Crippen molar-refractivity contribution in [1.29, 1.82) is 0 Å². The summed E-state index contributed by atoms with van der Waals surface area (Å²) >= 11 is 0. The van der Waals surface area contributed by atoms with Crippen LogP contribution in [0.4, 0.5) is 0 Å². The Balaban J connectivity index is 2.50. The lowest BCUT2D eigenvalue weighted by molar-refractivity contribution is 0.411. The van der Waals surface area contributed by atoms with Crippen molar-refractivity contribution in [3.63, 3.8) is 0 Å². The van der Waals surface area contributed by atoms with Crippen molar-refractivity contribution < 1.29 is 4.74 Å². The van der Waals surface area contributed by atoms with E-state index in [1.165, 1.54) is 5.56 Å². The van der Waals surface area contributed by atoms with Gasteiger partial charge in [-0.15, -0.1) is 0 Å². The third-order valence-corrected chi connectivity index (χ3v) is 2.97. The fourth-order valence-electron chi connectivity index (χ4n) is 1.91. The summed E-state index contributed by atoms with van der Waals surface area (Å²) in [5, 5.41) is 0. The molecule has 0 unspecified atom stereocenters. The first kappa shape index (κ1) is 11.5. The molecule has 88 valence electrons. The Bertz CT molecular complexity index is 512. The molecule has 0 radical (unpaired) electrons. The predicted molar refractivity (Wildman–Crippen MR) is 71.8 cm³/mol. The number of nitrogens with zero attached hydrogens (tertiary/aromatic N) is 1. The van der Waals surface area contributed by atoms with Crippen LogP contribution in [-0.2, 0) is 0 Å². The Labute approximate surface area is 103 Å². The number of benzene rings is 1. The number of likely N-dealkylation sites (N-methyl/N-ethyl adjacent to an activating group) is 1. The highest BCUT2D eigenvalue weighted by Crippen LogP contribution is 2.32. The molecule has 2 heteroatoms. The van der Waals surface area contributed by atoms with Crippen molar-refractivity contribution in [2.75, 3.05) is 14.2 Å². The van der Waals surface area contributed by atoms with Crippen LogP contribution in [0.5, 0.6) is 5.75 Å². The molecule has 0 spiro atoms. The lowest BCUT2D eigenvalue weighted by atomic mass is 10.0. The van der Waals surface area contributed by atoms with Gasteiger partial charge in [0, 0.05) is 18.3 Å². The maximum absolute atomic E-state index is 5.44. The quantitative estimate of drug-likeness (QED) is 0.768. The van der Waals surface area contributed by atoms with Crippen molar-refractivity contribution in [3.8, 4) is 5.75 Å². The summed E-state index contributed by atoms with van der Waals surface area (Å²) in [4.78, 5) is 2.06. The minimum Gasteiger partial charge on any atom is -0.496 e. The van der Waals surface area contributed by atoms with Gasteiger partial charge in [0.25, 0.3) is 0 Å². The summed E-state index contributed by atoms with van der Waals surface area (Å²) in [6, 6.07) is 6.22. The fraction of sp³-hybridized carbons (Fsp3) is 0.200. The van der Waals surface area contributed by atoms with Crippen LogP contribution >= 0.6 is 0 Å². The van der Waals surface area contributed by atoms with E-state index in [1.807, 2.05) is 25.3 Å². The van der Waals surface area contributed by atoms with Gasteiger partial charge >= 0.3 is 0 Å². The molecule has 0 saturated heterocycles. The van der Waals surface area contributed by atoms with Gasteiger partial charge in [0.05, 0.1) is 12.8 Å². The Morgan fingerprint density at radius 1 is 1.29 bits per heavy atom. The van der Waals surface area contributed by atoms with Crippen LogP contribution in [0, 0.1) is 6.92 Å². The Morgan fingerprint density at radius 3 is 2.76 bits per heavy atom. The van der Waals surface area contributed by atoms with Gasteiger partial charge in [0.15, 0.2) is 0 Å². The molecule has 1 aromatic carbocycles. The highest BCUT2D eigenvalue weighted by atomic mass is 16.5. The number of methoxy groups -OCH3 is 1. The first-order valence-corrected chi connectivity index (χ1v) is 5.59. The van der Waals surface area contributed by atoms with E-state index in [0.29, 0.717) is 0 Å². The van der Waals surface area contributed by atoms with Gasteiger partial charge in [0.2, 0.25) is 0 Å². The number of rotatable bonds is 2. The average molecular weight is 227 g/mol. The van der Waals surface area contributed by atoms with Crippen LogP contribution < -0.4 is 4.74 Å². The minimum atomic E-state index is 0.895. The topological polar surface area (TPSA) is 12.5 Å². The van der Waals surface area contributed by atoms with E-state index in [4.69, 9.17) is 4.74 Å². The molecule has 17 heavy (non-hydrogen) atoms. The van der Waals surface area contributed by atoms with E-state index >= 15 is 0 Å². The molecule has 1 aliphatic heterocycles. The Kier molecular flexibility index (Phi) is 3.05. The fourth-order valence-corrected chi connectivity index (χ4v) is 1.91. The summed E-state index contributed by atoms with van der Waals surface area (Å²) in [6.07, 6.45) is 6.07. The molecule has 0 bridgehead atoms. The molecule has 0 fully saturated rings. The van der Waals surface area contributed by atoms with Crippen LogP contribution in [-0.4, -0.2) is 19.1 Å². The molecule has 0 amide bonds. The molecule has 0 aliphatic carbocycles. The highest BCUT2D eigenvalue weighted by Gasteiger charge is 2.15. The van der Waals surface area contributed by atoms with Crippen molar-refractivity contribution in [1.82, 2.24) is 4.90 Å². The van der Waals surface area contributed by atoms with Gasteiger partial charge in [0.1, 0.15) is 5.75 Å². The number of aryl methyl sites for hydroxylation is 1. The standard InChI is InChI=1S/C15H17NO/c1-11-8-9-13(15(10-11)17-4)14-7-5-6-12(2)16(14)3/h5-10H,2H2,1,3-4H3. The smallest absolute Gasteiger partial charge is 0.128 e. The normalized spacial score (nSPS) is 14.9. The van der Waals surface area contributed by atoms with Crippen molar-refractivity contribution >= 4 is 5.70 Å². The van der Waals surface area contributed by atoms with E-state index in [0.717, 1.165) is 22.7 Å². The Morgan fingerprint density at radius 2 is 2.06 bits per heavy atom. The predicted octanol–water partition coefficient (Wildman–Crippen LogP) is 3.36. The van der Waals surface area contributed by atoms with E-state index in [2.05, 4.69) is 36.6 Å². The summed E-state index contributed by atoms with van der Waals surface area (Å²) in [5.74, 6) is 0.895. The molecule has 1 aromatic rings. The maximum Gasteiger partial charge on any atom is 0.128 e. The van der Waals surface area contributed by atoms with E-state index in [-0.39, 0.29) is 0 Å². The molecular formula is C15H17NO. The number of allylic oxidation sites excluding steroid dienone is 3. The highest BCUT2D eigenvalue weighted by molar-refractivity contribution is 5.73. The molecule has 0 aromatic heterocycles. The molecule has 1 heterocycles. The molecule has 2 nitrogen and oxygen atoms in total. The molecule has 2 rings (SSSR count). The zero-order valence-corrected chi connectivity index (χ0v) is 10.5. The van der Waals surface area contributed by atoms with E-state index in [1.54, 1.807) is 7.11 Å². The SMILES string of the molecule is C=C1C=CC=C(c2ccc(C)cc2OC)N1C. The van der Waals surface area contributed by atoms with Crippen LogP contribution in [0.2, 0.25) is 0 Å². The van der Waals surface area contributed by atoms with Gasteiger partial charge in [-0.2, -0.15) is 0 Å². The van der Waals surface area contributed by atoms with Crippen LogP contribution in [0.15, 0.2) is 48.7 Å². The van der Waals surface area contributed by atoms with Gasteiger partial charge in [-0.1, -0.05) is 18.7 Å². The summed E-state index contributed by atoms with van der Waals surface area (Å²) in [5.41, 5.74) is 4.37. The molecule has 1 aliphatic rings. The third kappa shape index (κ3) is 2.11. The van der Waals surface area contributed by atoms with E-state index in [9.17, 15) is 0 Å². The minimum absolute atomic E-state index is 0.895. The van der Waals surface area contributed by atoms with Gasteiger partial charge in [-0.3, -0.25) is 0 Å². The second-order valence-electron chi connectivity index (χ2n) is 4.17. The maximum atomic E-state index is 5.44. The zero-order chi connectivity index (χ0) is 12.4. The second kappa shape index (κ2) is 4.50. The molecule has 0 N–H and O–H groups in total. The molecule has 0 saturated carbocycles. The summed E-state index contributed by atoms with van der Waals surface area (Å²) in [6.45, 7) is 6.06. The van der Waals surface area contributed by atoms with Crippen molar-refractivity contribution in [3.05, 3.63) is 59.8 Å². The number of hydrogen-bond acceptors (Lipinski definition) is 2. The molecular weight excluding hydrogens is 210 g/mol. The first-order chi connectivity index (χ1) is 8.13. The monoisotopic (exact) mass is 227 g/mol. The lowest BCUT2D eigenvalue weighted by Crippen LogP contribution is -2.16. The third-order valence-electron chi connectivity index (χ3n) is 2.97. The Hall–Kier alpha value is -1.96. The number of ether oxygens (including phenoxy) is 1. The van der Waals surface area contributed by atoms with Crippen LogP contribution in [0.3, 0.4) is 0 Å². The average Bonchev–Trinajstić information content (AvgIpc) is 2.33. The van der Waals surface area contributed by atoms with Crippen molar-refractivity contribution in [2.45, 2.75) is 6.92 Å². The molecule has 0 atom stereocenters. The van der Waals surface area contributed by atoms with Crippen molar-refractivity contribution in [2.24, 2.45) is 0 Å².